The number of benzene rings is 1. The van der Waals surface area contributed by atoms with Crippen molar-refractivity contribution in [2.45, 2.75) is 93.1 Å². The summed E-state index contributed by atoms with van der Waals surface area (Å²) >= 11 is 1.36. The second-order valence-electron chi connectivity index (χ2n) is 11.4. The van der Waals surface area contributed by atoms with Crippen molar-refractivity contribution in [2.24, 2.45) is 0 Å². The lowest BCUT2D eigenvalue weighted by atomic mass is 10.3. The molecule has 5 rings (SSSR count). The predicted molar refractivity (Wildman–Crippen MR) is 174 cm³/mol. The molecule has 0 bridgehead atoms. The third-order valence-electron chi connectivity index (χ3n) is 7.61. The molecule has 2 aliphatic carbocycles. The van der Waals surface area contributed by atoms with Crippen molar-refractivity contribution in [3.8, 4) is 5.75 Å². The molecular formula is C30H40N5O13PS. The summed E-state index contributed by atoms with van der Waals surface area (Å²) in [5.74, 6) is 0.770. The van der Waals surface area contributed by atoms with Crippen molar-refractivity contribution in [3.05, 3.63) is 30.6 Å². The molecule has 274 valence electrons. The number of carbonyl (C=O) groups is 2. The number of fused-ring (bicyclic) bond motifs is 1. The van der Waals surface area contributed by atoms with Gasteiger partial charge in [-0.3, -0.25) is 4.57 Å². The van der Waals surface area contributed by atoms with Crippen molar-refractivity contribution in [3.63, 3.8) is 0 Å². The van der Waals surface area contributed by atoms with Crippen LogP contribution >= 0.6 is 19.4 Å². The molecule has 0 amide bonds. The van der Waals surface area contributed by atoms with Gasteiger partial charge in [-0.15, -0.1) is 9.35 Å². The smallest absolute Gasteiger partial charge is 0.497 e. The van der Waals surface area contributed by atoms with E-state index in [-0.39, 0.29) is 24.7 Å². The number of rotatable bonds is 18. The average Bonchev–Trinajstić information content (AvgIpc) is 3.89. The molecule has 1 unspecified atom stereocenters. The lowest BCUT2D eigenvalue weighted by Gasteiger charge is -2.19. The minimum Gasteiger partial charge on any atom is -0.497 e. The number of nitrogens with two attached hydrogens (primary N) is 1. The van der Waals surface area contributed by atoms with Gasteiger partial charge in [0.2, 0.25) is 19.5 Å². The van der Waals surface area contributed by atoms with Crippen LogP contribution in [0.3, 0.4) is 0 Å². The summed E-state index contributed by atoms with van der Waals surface area (Å²) in [4.78, 5) is 47.6. The van der Waals surface area contributed by atoms with Gasteiger partial charge in [-0.05, 0) is 82.6 Å². The topological polar surface area (TPSA) is 213 Å². The van der Waals surface area contributed by atoms with E-state index in [9.17, 15) is 14.2 Å². The monoisotopic (exact) mass is 741 g/mol. The van der Waals surface area contributed by atoms with Crippen molar-refractivity contribution >= 4 is 48.8 Å². The standard InChI is InChI=1S/C30H40N5O13PS/c1-20(15-35-16-32-25-26(35)33-28(31)34-27(25)50-24-13-11-21(39-2)12-14-24)42-19-49(38,47-43-17-40-29(36)45-22-7-3-4-8-22)48-44-18-41-30(37)46-23-9-5-6-10-23/h11-14,16,20,22-23H,3-10,15,17-19H2,1-2H3,(H2,31,33,34). The van der Waals surface area contributed by atoms with Gasteiger partial charge in [0.15, 0.2) is 12.0 Å². The van der Waals surface area contributed by atoms with Crippen LogP contribution in [0, 0.1) is 0 Å². The first-order valence-corrected chi connectivity index (χ1v) is 18.5. The lowest BCUT2D eigenvalue weighted by Crippen LogP contribution is -2.20. The number of hydrogen-bond acceptors (Lipinski definition) is 18. The first kappa shape index (κ1) is 37.5. The highest BCUT2D eigenvalue weighted by atomic mass is 32.2. The first-order valence-electron chi connectivity index (χ1n) is 16.0. The molecule has 2 N–H and O–H groups in total. The Hall–Kier alpha value is -3.71. The third kappa shape index (κ3) is 11.4. The van der Waals surface area contributed by atoms with Crippen LogP contribution in [0.4, 0.5) is 15.5 Å². The summed E-state index contributed by atoms with van der Waals surface area (Å²) in [6, 6.07) is 7.44. The molecule has 1 aromatic carbocycles. The number of methoxy groups -OCH3 is 1. The van der Waals surface area contributed by atoms with Gasteiger partial charge in [-0.25, -0.2) is 19.6 Å². The number of imidazole rings is 1. The molecule has 1 atom stereocenters. The lowest BCUT2D eigenvalue weighted by molar-refractivity contribution is -0.308. The minimum atomic E-state index is -4.36. The Morgan fingerprint density at radius 1 is 0.940 bits per heavy atom. The maximum absolute atomic E-state index is 13.5. The Morgan fingerprint density at radius 2 is 1.52 bits per heavy atom. The molecule has 50 heavy (non-hydrogen) atoms. The number of aromatic nitrogens is 4. The van der Waals surface area contributed by atoms with Gasteiger partial charge in [-0.2, -0.15) is 14.8 Å². The zero-order valence-corrected chi connectivity index (χ0v) is 29.3. The van der Waals surface area contributed by atoms with E-state index in [2.05, 4.69) is 15.0 Å². The summed E-state index contributed by atoms with van der Waals surface area (Å²) in [7, 11) is -2.77. The molecule has 2 aliphatic rings. The second kappa shape index (κ2) is 18.5. The number of nitrogen functional groups attached to an aromatic ring is 1. The average molecular weight is 742 g/mol. The minimum absolute atomic E-state index is 0.0492. The predicted octanol–water partition coefficient (Wildman–Crippen LogP) is 6.13. The Balaban J connectivity index is 1.15. The van der Waals surface area contributed by atoms with Gasteiger partial charge in [0.05, 0.1) is 26.1 Å². The van der Waals surface area contributed by atoms with Gasteiger partial charge in [0.1, 0.15) is 28.5 Å². The molecular weight excluding hydrogens is 701 g/mol. The second-order valence-corrected chi connectivity index (χ2v) is 14.2. The van der Waals surface area contributed by atoms with E-state index in [0.29, 0.717) is 16.2 Å². The molecule has 2 saturated carbocycles. The molecule has 0 spiro atoms. The van der Waals surface area contributed by atoms with E-state index in [1.807, 2.05) is 24.3 Å². The molecule has 18 nitrogen and oxygen atoms in total. The largest absolute Gasteiger partial charge is 0.510 e. The van der Waals surface area contributed by atoms with E-state index >= 15 is 0 Å². The summed E-state index contributed by atoms with van der Waals surface area (Å²) in [5, 5.41) is 0.550. The Labute approximate surface area is 291 Å². The Morgan fingerprint density at radius 3 is 2.08 bits per heavy atom. The SMILES string of the molecule is COc1ccc(Sc2nc(N)nc3c2ncn3CC(C)OCP(=O)(OOCOC(=O)OC2CCCC2)OOCOC(=O)OC2CCCC2)cc1. The van der Waals surface area contributed by atoms with Crippen molar-refractivity contribution in [2.75, 3.05) is 32.8 Å². The van der Waals surface area contributed by atoms with Crippen LogP contribution in [-0.4, -0.2) is 77.2 Å². The highest BCUT2D eigenvalue weighted by Crippen LogP contribution is 2.49. The highest BCUT2D eigenvalue weighted by Gasteiger charge is 2.31. The molecule has 0 saturated heterocycles. The summed E-state index contributed by atoms with van der Waals surface area (Å²) < 4.78 is 56.0. The maximum Gasteiger partial charge on any atom is 0.510 e. The fourth-order valence-electron chi connectivity index (χ4n) is 5.20. The fraction of sp³-hybridized carbons (Fsp3) is 0.567. The zero-order chi connectivity index (χ0) is 35.3. The summed E-state index contributed by atoms with van der Waals surface area (Å²) in [5.41, 5.74) is 7.00. The molecule has 2 fully saturated rings. The van der Waals surface area contributed by atoms with Crippen LogP contribution in [0.1, 0.15) is 58.3 Å². The van der Waals surface area contributed by atoms with Gasteiger partial charge >= 0.3 is 19.9 Å². The number of carbonyl (C=O) groups excluding carboxylic acids is 2. The van der Waals surface area contributed by atoms with Gasteiger partial charge in [0.25, 0.3) is 0 Å². The molecule has 2 heterocycles. The molecule has 20 heteroatoms. The number of ether oxygens (including phenoxy) is 6. The zero-order valence-electron chi connectivity index (χ0n) is 27.6. The van der Waals surface area contributed by atoms with Gasteiger partial charge in [-0.1, -0.05) is 11.8 Å². The maximum atomic E-state index is 13.5. The van der Waals surface area contributed by atoms with Crippen molar-refractivity contribution in [1.29, 1.82) is 0 Å². The quantitative estimate of drug-likeness (QED) is 0.0295. The van der Waals surface area contributed by atoms with Crippen molar-refractivity contribution < 1.29 is 61.7 Å². The third-order valence-corrected chi connectivity index (χ3v) is 9.72. The van der Waals surface area contributed by atoms with E-state index in [1.165, 1.54) is 11.8 Å². The fourth-order valence-corrected chi connectivity index (χ4v) is 7.03. The molecule has 0 aliphatic heterocycles. The van der Waals surface area contributed by atoms with Crippen LogP contribution < -0.4 is 10.5 Å². The molecule has 2 aromatic heterocycles. The van der Waals surface area contributed by atoms with Crippen LogP contribution in [0.5, 0.6) is 5.75 Å². The summed E-state index contributed by atoms with van der Waals surface area (Å²) in [6.45, 7) is 0.350. The summed E-state index contributed by atoms with van der Waals surface area (Å²) in [6.07, 6.45) is 4.69. The van der Waals surface area contributed by atoms with Crippen molar-refractivity contribution in [1.82, 2.24) is 19.5 Å². The first-order chi connectivity index (χ1) is 24.2. The van der Waals surface area contributed by atoms with Crippen LogP contribution in [0.15, 0.2) is 40.5 Å². The van der Waals surface area contributed by atoms with Crippen LogP contribution in [0.2, 0.25) is 0 Å². The van der Waals surface area contributed by atoms with E-state index in [0.717, 1.165) is 62.0 Å². The Kier molecular flexibility index (Phi) is 13.9. The van der Waals surface area contributed by atoms with E-state index < -0.39 is 45.9 Å². The number of anilines is 1. The van der Waals surface area contributed by atoms with E-state index in [4.69, 9.17) is 53.3 Å². The van der Waals surface area contributed by atoms with E-state index in [1.54, 1.807) is 24.9 Å². The highest BCUT2D eigenvalue weighted by molar-refractivity contribution is 7.99. The Bertz CT molecular complexity index is 1560. The number of hydrogen-bond donors (Lipinski definition) is 1. The number of nitrogens with zero attached hydrogens (tertiary/aromatic N) is 4. The molecule has 3 aromatic rings. The van der Waals surface area contributed by atoms with Gasteiger partial charge < -0.3 is 38.7 Å². The molecule has 0 radical (unpaired) electrons. The normalized spacial score (nSPS) is 16.0. The van der Waals surface area contributed by atoms with Crippen LogP contribution in [0.25, 0.3) is 11.2 Å². The van der Waals surface area contributed by atoms with Crippen LogP contribution in [-0.2, 0) is 53.9 Å². The van der Waals surface area contributed by atoms with Gasteiger partial charge in [0, 0.05) is 4.90 Å².